The van der Waals surface area contributed by atoms with Gasteiger partial charge in [-0.1, -0.05) is 35.5 Å². The summed E-state index contributed by atoms with van der Waals surface area (Å²) < 4.78 is 11.1. The van der Waals surface area contributed by atoms with E-state index in [1.807, 2.05) is 48.5 Å². The van der Waals surface area contributed by atoms with Gasteiger partial charge in [0, 0.05) is 18.1 Å². The van der Waals surface area contributed by atoms with Crippen molar-refractivity contribution in [1.29, 1.82) is 5.26 Å². The fourth-order valence-corrected chi connectivity index (χ4v) is 3.07. The van der Waals surface area contributed by atoms with Gasteiger partial charge >= 0.3 is 5.97 Å². The lowest BCUT2D eigenvalue weighted by atomic mass is 10.1. The van der Waals surface area contributed by atoms with E-state index in [4.69, 9.17) is 9.26 Å². The van der Waals surface area contributed by atoms with Crippen LogP contribution in [0.25, 0.3) is 11.3 Å². The highest BCUT2D eigenvalue weighted by molar-refractivity contribution is 5.73. The Labute approximate surface area is 175 Å². The van der Waals surface area contributed by atoms with Crippen LogP contribution in [0, 0.1) is 11.3 Å². The van der Waals surface area contributed by atoms with Crippen molar-refractivity contribution < 1.29 is 19.2 Å². The molecular formula is C23H23N3O4. The number of hydrogen-bond acceptors (Lipinski definition) is 6. The molecule has 1 heterocycles. The van der Waals surface area contributed by atoms with Gasteiger partial charge in [0.1, 0.15) is 23.2 Å². The lowest BCUT2D eigenvalue weighted by Crippen LogP contribution is -2.37. The molecule has 1 aromatic heterocycles. The van der Waals surface area contributed by atoms with E-state index in [1.54, 1.807) is 25.1 Å². The van der Waals surface area contributed by atoms with Crippen molar-refractivity contribution in [2.75, 3.05) is 20.7 Å². The number of benzene rings is 2. The smallest absolute Gasteiger partial charge is 0.321 e. The van der Waals surface area contributed by atoms with Crippen LogP contribution in [0.2, 0.25) is 0 Å². The van der Waals surface area contributed by atoms with Crippen molar-refractivity contribution >= 4 is 5.97 Å². The highest BCUT2D eigenvalue weighted by Crippen LogP contribution is 2.23. The number of rotatable bonds is 9. The van der Waals surface area contributed by atoms with Crippen LogP contribution in [0.1, 0.15) is 16.9 Å². The van der Waals surface area contributed by atoms with E-state index in [0.29, 0.717) is 42.2 Å². The van der Waals surface area contributed by atoms with Crippen LogP contribution in [0.15, 0.2) is 59.1 Å². The summed E-state index contributed by atoms with van der Waals surface area (Å²) in [7, 11) is 3.51. The van der Waals surface area contributed by atoms with Gasteiger partial charge in [-0.05, 0) is 44.3 Å². The molecule has 0 radical (unpaired) electrons. The molecule has 30 heavy (non-hydrogen) atoms. The topological polar surface area (TPSA) is 99.6 Å². The van der Waals surface area contributed by atoms with E-state index in [-0.39, 0.29) is 0 Å². The molecule has 0 amide bonds. The van der Waals surface area contributed by atoms with Crippen LogP contribution in [-0.4, -0.2) is 47.9 Å². The lowest BCUT2D eigenvalue weighted by Gasteiger charge is -2.20. The number of hydrogen-bond donors (Lipinski definition) is 1. The number of nitrogens with zero attached hydrogens (tertiary/aromatic N) is 3. The van der Waals surface area contributed by atoms with Gasteiger partial charge in [0.2, 0.25) is 0 Å². The van der Waals surface area contributed by atoms with E-state index in [9.17, 15) is 15.2 Å². The zero-order valence-electron chi connectivity index (χ0n) is 16.9. The van der Waals surface area contributed by atoms with Crippen LogP contribution in [0.4, 0.5) is 0 Å². The molecule has 154 valence electrons. The Morgan fingerprint density at radius 1 is 1.23 bits per heavy atom. The van der Waals surface area contributed by atoms with Crippen molar-refractivity contribution in [3.63, 3.8) is 0 Å². The van der Waals surface area contributed by atoms with Crippen LogP contribution in [-0.2, 0) is 17.6 Å². The summed E-state index contributed by atoms with van der Waals surface area (Å²) >= 11 is 0. The second-order valence-electron chi connectivity index (χ2n) is 7.10. The molecule has 0 spiro atoms. The highest BCUT2D eigenvalue weighted by Gasteiger charge is 2.20. The summed E-state index contributed by atoms with van der Waals surface area (Å²) in [5.41, 5.74) is 2.84. The third kappa shape index (κ3) is 5.25. The van der Waals surface area contributed by atoms with Gasteiger partial charge in [-0.15, -0.1) is 0 Å². The number of carboxylic acids is 1. The maximum absolute atomic E-state index is 11.3. The first-order valence-electron chi connectivity index (χ1n) is 9.54. The average molecular weight is 405 g/mol. The molecule has 7 nitrogen and oxygen atoms in total. The summed E-state index contributed by atoms with van der Waals surface area (Å²) in [6, 6.07) is 18.1. The van der Waals surface area contributed by atoms with Crippen molar-refractivity contribution in [1.82, 2.24) is 10.1 Å². The highest BCUT2D eigenvalue weighted by atomic mass is 16.5. The van der Waals surface area contributed by atoms with Crippen LogP contribution in [0.5, 0.6) is 5.75 Å². The molecule has 0 aliphatic rings. The van der Waals surface area contributed by atoms with Gasteiger partial charge < -0.3 is 14.4 Å². The maximum atomic E-state index is 11.3. The third-order valence-electron chi connectivity index (χ3n) is 4.76. The monoisotopic (exact) mass is 405 g/mol. The van der Waals surface area contributed by atoms with E-state index in [0.717, 1.165) is 11.1 Å². The predicted octanol–water partition coefficient (Wildman–Crippen LogP) is 3.39. The Morgan fingerprint density at radius 2 is 1.97 bits per heavy atom. The molecule has 0 unspecified atom stereocenters. The molecule has 0 bridgehead atoms. The SMILES string of the molecule is CN(C)[C@@H](Cc1ccc(OCCc2cc(-c3ccccc3C#N)no2)cc1)C(=O)O. The number of aliphatic carboxylic acids is 1. The first kappa shape index (κ1) is 21.1. The molecule has 3 rings (SSSR count). The van der Waals surface area contributed by atoms with Crippen molar-refractivity contribution in [3.05, 3.63) is 71.5 Å². The normalized spacial score (nSPS) is 11.8. The molecule has 0 saturated carbocycles. The second kappa shape index (κ2) is 9.72. The molecule has 0 aliphatic heterocycles. The van der Waals surface area contributed by atoms with Gasteiger partial charge in [-0.3, -0.25) is 9.69 Å². The Bertz CT molecular complexity index is 1040. The van der Waals surface area contributed by atoms with E-state index in [1.165, 1.54) is 0 Å². The maximum Gasteiger partial charge on any atom is 0.321 e. The van der Waals surface area contributed by atoms with Gasteiger partial charge in [-0.2, -0.15) is 5.26 Å². The van der Waals surface area contributed by atoms with E-state index in [2.05, 4.69) is 11.2 Å². The first-order valence-corrected chi connectivity index (χ1v) is 9.54. The summed E-state index contributed by atoms with van der Waals surface area (Å²) in [6.45, 7) is 0.406. The van der Waals surface area contributed by atoms with Crippen molar-refractivity contribution in [2.45, 2.75) is 18.9 Å². The largest absolute Gasteiger partial charge is 0.493 e. The van der Waals surface area contributed by atoms with Crippen LogP contribution < -0.4 is 4.74 Å². The van der Waals surface area contributed by atoms with Crippen molar-refractivity contribution in [2.24, 2.45) is 0 Å². The molecule has 0 fully saturated rings. The summed E-state index contributed by atoms with van der Waals surface area (Å²) in [6.07, 6.45) is 0.957. The molecule has 2 aromatic carbocycles. The molecule has 3 aromatic rings. The number of aromatic nitrogens is 1. The minimum absolute atomic E-state index is 0.406. The van der Waals surface area contributed by atoms with Crippen molar-refractivity contribution in [3.8, 4) is 23.1 Å². The molecule has 1 atom stereocenters. The van der Waals surface area contributed by atoms with E-state index >= 15 is 0 Å². The Balaban J connectivity index is 1.54. The second-order valence-corrected chi connectivity index (χ2v) is 7.10. The van der Waals surface area contributed by atoms with Gasteiger partial charge in [0.15, 0.2) is 0 Å². The molecule has 0 aliphatic carbocycles. The minimum Gasteiger partial charge on any atom is -0.493 e. The van der Waals surface area contributed by atoms with Crippen LogP contribution in [0.3, 0.4) is 0 Å². The molecular weight excluding hydrogens is 382 g/mol. The Kier molecular flexibility index (Phi) is 6.83. The predicted molar refractivity (Wildman–Crippen MR) is 111 cm³/mol. The zero-order valence-corrected chi connectivity index (χ0v) is 16.9. The van der Waals surface area contributed by atoms with Gasteiger partial charge in [0.25, 0.3) is 0 Å². The lowest BCUT2D eigenvalue weighted by molar-refractivity contribution is -0.142. The minimum atomic E-state index is -0.843. The Hall–Kier alpha value is -3.63. The fraction of sp³-hybridized carbons (Fsp3) is 0.261. The van der Waals surface area contributed by atoms with Gasteiger partial charge in [-0.25, -0.2) is 0 Å². The zero-order chi connectivity index (χ0) is 21.5. The summed E-state index contributed by atoms with van der Waals surface area (Å²) in [5, 5.41) is 22.6. The molecule has 1 N–H and O–H groups in total. The number of carbonyl (C=O) groups is 1. The molecule has 0 saturated heterocycles. The standard InChI is InChI=1S/C23H23N3O4/c1-26(2)22(23(27)28)13-16-7-9-18(10-8-16)29-12-11-19-14-21(25-30-19)20-6-4-3-5-17(20)15-24/h3-10,14,22H,11-13H2,1-2H3,(H,27,28)/t22-/m0/s1. The summed E-state index contributed by atoms with van der Waals surface area (Å²) in [5.74, 6) is 0.527. The number of ether oxygens (including phenoxy) is 1. The number of carboxylic acid groups (broad SMARTS) is 1. The summed E-state index contributed by atoms with van der Waals surface area (Å²) in [4.78, 5) is 13.0. The quantitative estimate of drug-likeness (QED) is 0.582. The Morgan fingerprint density at radius 3 is 2.63 bits per heavy atom. The third-order valence-corrected chi connectivity index (χ3v) is 4.76. The molecule has 7 heteroatoms. The van der Waals surface area contributed by atoms with E-state index < -0.39 is 12.0 Å². The average Bonchev–Trinajstić information content (AvgIpc) is 3.21. The van der Waals surface area contributed by atoms with Gasteiger partial charge in [0.05, 0.1) is 18.2 Å². The fourth-order valence-electron chi connectivity index (χ4n) is 3.07. The first-order chi connectivity index (χ1) is 14.5. The number of nitriles is 1. The number of likely N-dealkylation sites (N-methyl/N-ethyl adjacent to an activating group) is 1. The van der Waals surface area contributed by atoms with Crippen LogP contribution >= 0.6 is 0 Å².